The molecule has 0 spiro atoms. The molecule has 0 atom stereocenters. The molecule has 18 heavy (non-hydrogen) atoms. The Labute approximate surface area is 106 Å². The molecule has 0 saturated heterocycles. The molecule has 0 N–H and O–H groups in total. The smallest absolute Gasteiger partial charge is 0.192 e. The molecule has 3 heteroatoms. The van der Waals surface area contributed by atoms with E-state index in [1.54, 1.807) is 20.8 Å². The van der Waals surface area contributed by atoms with Gasteiger partial charge in [0.25, 0.3) is 0 Å². The first-order valence-corrected chi connectivity index (χ1v) is 6.07. The highest BCUT2D eigenvalue weighted by atomic mass is 19.1. The lowest BCUT2D eigenvalue weighted by Crippen LogP contribution is -2.24. The van der Waals surface area contributed by atoms with Crippen LogP contribution in [0.25, 0.3) is 5.57 Å². The summed E-state index contributed by atoms with van der Waals surface area (Å²) in [5, 5.41) is 0. The fraction of sp³-hybridized carbons (Fsp3) is 0.467. The molecule has 1 aliphatic rings. The third kappa shape index (κ3) is 2.14. The van der Waals surface area contributed by atoms with Gasteiger partial charge in [0.2, 0.25) is 0 Å². The van der Waals surface area contributed by atoms with E-state index in [9.17, 15) is 8.78 Å². The van der Waals surface area contributed by atoms with E-state index in [-0.39, 0.29) is 5.75 Å². The van der Waals surface area contributed by atoms with Crippen LogP contribution in [0.4, 0.5) is 8.78 Å². The summed E-state index contributed by atoms with van der Waals surface area (Å²) in [4.78, 5) is 0. The summed E-state index contributed by atoms with van der Waals surface area (Å²) in [6.07, 6.45) is 0.616. The molecule has 0 unspecified atom stereocenters. The molecule has 1 nitrogen and oxygen atoms in total. The van der Waals surface area contributed by atoms with Gasteiger partial charge in [0.05, 0.1) is 0 Å². The Hall–Kier alpha value is -1.38. The van der Waals surface area contributed by atoms with Gasteiger partial charge in [-0.05, 0) is 58.2 Å². The number of benzene rings is 1. The van der Waals surface area contributed by atoms with E-state index < -0.39 is 17.2 Å². The van der Waals surface area contributed by atoms with E-state index in [1.807, 2.05) is 13.8 Å². The minimum atomic E-state index is -0.624. The lowest BCUT2D eigenvalue weighted by molar-refractivity contribution is 0.117. The van der Waals surface area contributed by atoms with Crippen LogP contribution in [0.1, 0.15) is 45.7 Å². The average Bonchev–Trinajstić information content (AvgIpc) is 2.48. The van der Waals surface area contributed by atoms with Crippen LogP contribution < -0.4 is 4.74 Å². The molecule has 0 heterocycles. The number of hydrogen-bond acceptors (Lipinski definition) is 1. The van der Waals surface area contributed by atoms with Gasteiger partial charge in [0, 0.05) is 5.56 Å². The fourth-order valence-corrected chi connectivity index (χ4v) is 2.23. The summed E-state index contributed by atoms with van der Waals surface area (Å²) in [7, 11) is 0. The molecule has 98 valence electrons. The van der Waals surface area contributed by atoms with Crippen molar-refractivity contribution >= 4 is 5.57 Å². The van der Waals surface area contributed by atoms with Gasteiger partial charge in [-0.1, -0.05) is 5.57 Å². The molecule has 0 saturated carbocycles. The van der Waals surface area contributed by atoms with E-state index in [0.717, 1.165) is 11.1 Å². The van der Waals surface area contributed by atoms with E-state index in [1.165, 1.54) is 6.07 Å². The maximum absolute atomic E-state index is 14.4. The van der Waals surface area contributed by atoms with E-state index in [2.05, 4.69) is 0 Å². The average molecular weight is 252 g/mol. The van der Waals surface area contributed by atoms with Crippen molar-refractivity contribution in [3.05, 3.63) is 34.4 Å². The molecule has 0 aliphatic heterocycles. The van der Waals surface area contributed by atoms with Crippen molar-refractivity contribution in [2.24, 2.45) is 0 Å². The molecule has 1 aromatic rings. The van der Waals surface area contributed by atoms with Crippen LogP contribution in [0.5, 0.6) is 5.75 Å². The van der Waals surface area contributed by atoms with Gasteiger partial charge in [-0.25, -0.2) is 8.78 Å². The predicted octanol–water partition coefficient (Wildman–Crippen LogP) is 4.49. The molecule has 1 aliphatic carbocycles. The van der Waals surface area contributed by atoms with Gasteiger partial charge >= 0.3 is 0 Å². The molecule has 2 rings (SSSR count). The molecule has 0 radical (unpaired) electrons. The van der Waals surface area contributed by atoms with Gasteiger partial charge < -0.3 is 4.74 Å². The Bertz CT molecular complexity index is 536. The lowest BCUT2D eigenvalue weighted by atomic mass is 10.0. The van der Waals surface area contributed by atoms with Crippen LogP contribution in [0.15, 0.2) is 11.6 Å². The molecule has 0 amide bonds. The lowest BCUT2D eigenvalue weighted by Gasteiger charge is -2.23. The maximum atomic E-state index is 14.4. The molecular weight excluding hydrogens is 234 g/mol. The second-order valence-corrected chi connectivity index (χ2v) is 5.83. The SMILES string of the molecule is CC1=C(C)c2c(cc(F)c(OC(C)(C)C)c2F)C1. The van der Waals surface area contributed by atoms with Crippen LogP contribution in [0.2, 0.25) is 0 Å². The molecule has 0 aromatic heterocycles. The molecule has 1 aromatic carbocycles. The van der Waals surface area contributed by atoms with Gasteiger partial charge in [0.15, 0.2) is 17.4 Å². The van der Waals surface area contributed by atoms with E-state index in [4.69, 9.17) is 4.74 Å². The topological polar surface area (TPSA) is 9.23 Å². The summed E-state index contributed by atoms with van der Waals surface area (Å²) >= 11 is 0. The second kappa shape index (κ2) is 4.08. The summed E-state index contributed by atoms with van der Waals surface area (Å²) in [5.74, 6) is -1.46. The number of rotatable bonds is 1. The van der Waals surface area contributed by atoms with Gasteiger partial charge in [-0.15, -0.1) is 0 Å². The number of fused-ring (bicyclic) bond motifs is 1. The first-order valence-electron chi connectivity index (χ1n) is 6.07. The van der Waals surface area contributed by atoms with Crippen LogP contribution >= 0.6 is 0 Å². The third-order valence-electron chi connectivity index (χ3n) is 3.14. The van der Waals surface area contributed by atoms with E-state index in [0.29, 0.717) is 17.5 Å². The first kappa shape index (κ1) is 13.1. The minimum Gasteiger partial charge on any atom is -0.482 e. The Morgan fingerprint density at radius 2 is 1.78 bits per heavy atom. The summed E-state index contributed by atoms with van der Waals surface area (Å²) in [5.41, 5.74) is 2.56. The molecular formula is C15H18F2O. The quantitative estimate of drug-likeness (QED) is 0.715. The zero-order valence-electron chi connectivity index (χ0n) is 11.4. The first-order chi connectivity index (χ1) is 8.20. The van der Waals surface area contributed by atoms with Crippen molar-refractivity contribution in [2.45, 2.75) is 46.6 Å². The Kier molecular flexibility index (Phi) is 2.96. The van der Waals surface area contributed by atoms with E-state index >= 15 is 0 Å². The zero-order valence-corrected chi connectivity index (χ0v) is 11.4. The number of allylic oxidation sites excluding steroid dienone is 2. The van der Waals surface area contributed by atoms with Crippen molar-refractivity contribution in [2.75, 3.05) is 0 Å². The Morgan fingerprint density at radius 1 is 1.17 bits per heavy atom. The zero-order chi connectivity index (χ0) is 13.7. The van der Waals surface area contributed by atoms with Gasteiger partial charge in [-0.3, -0.25) is 0 Å². The number of halogens is 2. The Balaban J connectivity index is 2.58. The van der Waals surface area contributed by atoms with Crippen molar-refractivity contribution in [1.29, 1.82) is 0 Å². The van der Waals surface area contributed by atoms with Crippen molar-refractivity contribution in [3.8, 4) is 5.75 Å². The monoisotopic (exact) mass is 252 g/mol. The van der Waals surface area contributed by atoms with Crippen molar-refractivity contribution < 1.29 is 13.5 Å². The molecule has 0 fully saturated rings. The summed E-state index contributed by atoms with van der Waals surface area (Å²) < 4.78 is 33.7. The third-order valence-corrected chi connectivity index (χ3v) is 3.14. The minimum absolute atomic E-state index is 0.268. The maximum Gasteiger partial charge on any atom is 0.192 e. The fourth-order valence-electron chi connectivity index (χ4n) is 2.23. The normalized spacial score (nSPS) is 15.1. The number of ether oxygens (including phenoxy) is 1. The summed E-state index contributed by atoms with van der Waals surface area (Å²) in [6.45, 7) is 9.12. The van der Waals surface area contributed by atoms with Crippen molar-refractivity contribution in [1.82, 2.24) is 0 Å². The van der Waals surface area contributed by atoms with Crippen LogP contribution in [-0.2, 0) is 6.42 Å². The van der Waals surface area contributed by atoms with Gasteiger partial charge in [-0.2, -0.15) is 0 Å². The summed E-state index contributed by atoms with van der Waals surface area (Å²) in [6, 6.07) is 1.39. The highest BCUT2D eigenvalue weighted by Gasteiger charge is 2.27. The highest BCUT2D eigenvalue weighted by Crippen LogP contribution is 2.40. The number of hydrogen-bond donors (Lipinski definition) is 0. The Morgan fingerprint density at radius 3 is 2.33 bits per heavy atom. The largest absolute Gasteiger partial charge is 0.482 e. The molecule has 0 bridgehead atoms. The van der Waals surface area contributed by atoms with Crippen molar-refractivity contribution in [3.63, 3.8) is 0 Å². The standard InChI is InChI=1S/C15H18F2O/c1-8-6-10-7-11(16)14(18-15(3,4)5)13(17)12(10)9(8)2/h7H,6H2,1-5H3. The predicted molar refractivity (Wildman–Crippen MR) is 68.7 cm³/mol. The van der Waals surface area contributed by atoms with Crippen LogP contribution in [0.3, 0.4) is 0 Å². The van der Waals surface area contributed by atoms with Gasteiger partial charge in [0.1, 0.15) is 5.60 Å². The van der Waals surface area contributed by atoms with Crippen LogP contribution in [0, 0.1) is 11.6 Å². The highest BCUT2D eigenvalue weighted by molar-refractivity contribution is 5.76. The van der Waals surface area contributed by atoms with Crippen LogP contribution in [-0.4, -0.2) is 5.60 Å². The second-order valence-electron chi connectivity index (χ2n) is 5.83.